The number of ether oxygens (including phenoxy) is 3. The van der Waals surface area contributed by atoms with Gasteiger partial charge in [0.2, 0.25) is 5.91 Å². The van der Waals surface area contributed by atoms with Crippen LogP contribution >= 0.6 is 0 Å². The van der Waals surface area contributed by atoms with Crippen LogP contribution in [0.15, 0.2) is 42.5 Å². The standard InChI is InChI=1S/C24H30N2O5/c1-4-21-24(28)26(12-5-13-29-2)16-18-15-19(8-11-22(18)31-21)25-23(27)14-17-6-9-20(30-3)10-7-17/h6-11,15,21H,4-5,12-14,16H2,1-3H3,(H,25,27). The maximum absolute atomic E-state index is 12.8. The first-order valence-corrected chi connectivity index (χ1v) is 10.5. The van der Waals surface area contributed by atoms with E-state index in [1.807, 2.05) is 54.3 Å². The number of nitrogens with zero attached hydrogens (tertiary/aromatic N) is 1. The lowest BCUT2D eigenvalue weighted by Gasteiger charge is -2.23. The minimum atomic E-state index is -0.501. The number of benzene rings is 2. The lowest BCUT2D eigenvalue weighted by Crippen LogP contribution is -2.40. The van der Waals surface area contributed by atoms with Crippen molar-refractivity contribution in [3.8, 4) is 11.5 Å². The molecule has 166 valence electrons. The molecule has 0 saturated heterocycles. The van der Waals surface area contributed by atoms with Crippen LogP contribution in [0.3, 0.4) is 0 Å². The number of methoxy groups -OCH3 is 2. The minimum Gasteiger partial charge on any atom is -0.497 e. The monoisotopic (exact) mass is 426 g/mol. The van der Waals surface area contributed by atoms with Gasteiger partial charge in [-0.2, -0.15) is 0 Å². The highest BCUT2D eigenvalue weighted by atomic mass is 16.5. The maximum Gasteiger partial charge on any atom is 0.263 e. The van der Waals surface area contributed by atoms with Gasteiger partial charge in [0.15, 0.2) is 6.10 Å². The zero-order valence-corrected chi connectivity index (χ0v) is 18.3. The molecule has 1 atom stereocenters. The molecule has 1 unspecified atom stereocenters. The van der Waals surface area contributed by atoms with Crippen LogP contribution in [0, 0.1) is 0 Å². The van der Waals surface area contributed by atoms with E-state index in [0.717, 1.165) is 23.3 Å². The van der Waals surface area contributed by atoms with Crippen molar-refractivity contribution in [2.45, 2.75) is 38.8 Å². The van der Waals surface area contributed by atoms with Crippen LogP contribution in [0.4, 0.5) is 5.69 Å². The number of fused-ring (bicyclic) bond motifs is 1. The van der Waals surface area contributed by atoms with Gasteiger partial charge in [0.05, 0.1) is 13.5 Å². The van der Waals surface area contributed by atoms with E-state index in [4.69, 9.17) is 14.2 Å². The first-order chi connectivity index (χ1) is 15.0. The summed E-state index contributed by atoms with van der Waals surface area (Å²) >= 11 is 0. The van der Waals surface area contributed by atoms with Gasteiger partial charge in [-0.05, 0) is 48.7 Å². The molecule has 0 spiro atoms. The summed E-state index contributed by atoms with van der Waals surface area (Å²) in [6.07, 6.45) is 1.11. The van der Waals surface area contributed by atoms with Crippen molar-refractivity contribution in [3.63, 3.8) is 0 Å². The highest BCUT2D eigenvalue weighted by Crippen LogP contribution is 2.29. The fourth-order valence-corrected chi connectivity index (χ4v) is 3.57. The number of hydrogen-bond acceptors (Lipinski definition) is 5. The second kappa shape index (κ2) is 10.8. The van der Waals surface area contributed by atoms with E-state index in [0.29, 0.717) is 37.6 Å². The average Bonchev–Trinajstić information content (AvgIpc) is 2.90. The summed E-state index contributed by atoms with van der Waals surface area (Å²) in [6, 6.07) is 12.9. The Hall–Kier alpha value is -3.06. The third kappa shape index (κ3) is 5.98. The molecule has 0 aromatic heterocycles. The molecule has 1 N–H and O–H groups in total. The second-order valence-electron chi connectivity index (χ2n) is 7.52. The van der Waals surface area contributed by atoms with E-state index in [1.165, 1.54) is 0 Å². The van der Waals surface area contributed by atoms with E-state index >= 15 is 0 Å². The zero-order chi connectivity index (χ0) is 22.2. The average molecular weight is 427 g/mol. The normalized spacial score (nSPS) is 15.6. The molecule has 1 aliphatic rings. The molecule has 7 heteroatoms. The van der Waals surface area contributed by atoms with Gasteiger partial charge in [-0.3, -0.25) is 9.59 Å². The molecule has 0 fully saturated rings. The molecule has 0 saturated carbocycles. The summed E-state index contributed by atoms with van der Waals surface area (Å²) in [5.41, 5.74) is 2.46. The van der Waals surface area contributed by atoms with Gasteiger partial charge in [-0.15, -0.1) is 0 Å². The molecular formula is C24H30N2O5. The van der Waals surface area contributed by atoms with Crippen LogP contribution in [-0.4, -0.2) is 50.2 Å². The largest absolute Gasteiger partial charge is 0.497 e. The van der Waals surface area contributed by atoms with Gasteiger partial charge < -0.3 is 24.4 Å². The highest BCUT2D eigenvalue weighted by molar-refractivity contribution is 5.92. The predicted octanol–water partition coefficient (Wildman–Crippen LogP) is 3.41. The summed E-state index contributed by atoms with van der Waals surface area (Å²) in [7, 11) is 3.26. The van der Waals surface area contributed by atoms with Crippen LogP contribution in [0.25, 0.3) is 0 Å². The highest BCUT2D eigenvalue weighted by Gasteiger charge is 2.29. The molecule has 0 aliphatic carbocycles. The third-order valence-electron chi connectivity index (χ3n) is 5.23. The summed E-state index contributed by atoms with van der Waals surface area (Å²) in [5, 5.41) is 2.94. The van der Waals surface area contributed by atoms with Crippen molar-refractivity contribution < 1.29 is 23.8 Å². The van der Waals surface area contributed by atoms with Crippen LogP contribution < -0.4 is 14.8 Å². The quantitative estimate of drug-likeness (QED) is 0.622. The Morgan fingerprint density at radius 3 is 2.65 bits per heavy atom. The zero-order valence-electron chi connectivity index (χ0n) is 18.3. The summed E-state index contributed by atoms with van der Waals surface area (Å²) in [5.74, 6) is 1.31. The molecule has 2 aromatic rings. The summed E-state index contributed by atoms with van der Waals surface area (Å²) < 4.78 is 16.3. The number of hydrogen-bond donors (Lipinski definition) is 1. The SMILES string of the molecule is CCC1Oc2ccc(NC(=O)Cc3ccc(OC)cc3)cc2CN(CCCOC)C1=O. The molecule has 3 rings (SSSR count). The predicted molar refractivity (Wildman–Crippen MR) is 118 cm³/mol. The first-order valence-electron chi connectivity index (χ1n) is 10.5. The second-order valence-corrected chi connectivity index (χ2v) is 7.52. The van der Waals surface area contributed by atoms with Gasteiger partial charge in [-0.1, -0.05) is 19.1 Å². The van der Waals surface area contributed by atoms with Crippen molar-refractivity contribution in [3.05, 3.63) is 53.6 Å². The van der Waals surface area contributed by atoms with Crippen molar-refractivity contribution in [1.29, 1.82) is 0 Å². The smallest absolute Gasteiger partial charge is 0.263 e. The Labute approximate surface area is 183 Å². The molecule has 7 nitrogen and oxygen atoms in total. The first kappa shape index (κ1) is 22.6. The van der Waals surface area contributed by atoms with Gasteiger partial charge in [-0.25, -0.2) is 0 Å². The number of amides is 2. The van der Waals surface area contributed by atoms with Gasteiger partial charge in [0.1, 0.15) is 11.5 Å². The lowest BCUT2D eigenvalue weighted by atomic mass is 10.1. The molecule has 2 amide bonds. The van der Waals surface area contributed by atoms with E-state index in [9.17, 15) is 9.59 Å². The Morgan fingerprint density at radius 2 is 1.97 bits per heavy atom. The van der Waals surface area contributed by atoms with Crippen molar-refractivity contribution in [2.75, 3.05) is 32.7 Å². The summed E-state index contributed by atoms with van der Waals surface area (Å²) in [6.45, 7) is 3.57. The number of carbonyl (C=O) groups is 2. The van der Waals surface area contributed by atoms with Gasteiger partial charge in [0, 0.05) is 38.1 Å². The maximum atomic E-state index is 12.8. The van der Waals surface area contributed by atoms with Crippen LogP contribution in [0.5, 0.6) is 11.5 Å². The van der Waals surface area contributed by atoms with E-state index in [2.05, 4.69) is 5.32 Å². The van der Waals surface area contributed by atoms with Crippen LogP contribution in [-0.2, 0) is 27.3 Å². The Kier molecular flexibility index (Phi) is 7.89. The fraction of sp³-hybridized carbons (Fsp3) is 0.417. The molecule has 2 aromatic carbocycles. The molecule has 1 heterocycles. The minimum absolute atomic E-state index is 0.0140. The van der Waals surface area contributed by atoms with Crippen molar-refractivity contribution >= 4 is 17.5 Å². The Bertz CT molecular complexity index is 897. The molecular weight excluding hydrogens is 396 g/mol. The third-order valence-corrected chi connectivity index (χ3v) is 5.23. The summed E-state index contributed by atoms with van der Waals surface area (Å²) in [4.78, 5) is 27.1. The Morgan fingerprint density at radius 1 is 1.19 bits per heavy atom. The lowest BCUT2D eigenvalue weighted by molar-refractivity contribution is -0.138. The number of carbonyl (C=O) groups excluding carboxylic acids is 2. The molecule has 0 bridgehead atoms. The van der Waals surface area contributed by atoms with E-state index < -0.39 is 6.10 Å². The van der Waals surface area contributed by atoms with Crippen molar-refractivity contribution in [1.82, 2.24) is 4.90 Å². The van der Waals surface area contributed by atoms with Gasteiger partial charge >= 0.3 is 0 Å². The van der Waals surface area contributed by atoms with Gasteiger partial charge in [0.25, 0.3) is 5.91 Å². The van der Waals surface area contributed by atoms with Crippen molar-refractivity contribution in [2.24, 2.45) is 0 Å². The van der Waals surface area contributed by atoms with Crippen LogP contribution in [0.2, 0.25) is 0 Å². The molecule has 31 heavy (non-hydrogen) atoms. The number of rotatable bonds is 9. The van der Waals surface area contributed by atoms with Crippen LogP contribution in [0.1, 0.15) is 30.9 Å². The molecule has 0 radical (unpaired) electrons. The molecule has 1 aliphatic heterocycles. The van der Waals surface area contributed by atoms with E-state index in [-0.39, 0.29) is 18.2 Å². The van der Waals surface area contributed by atoms with E-state index in [1.54, 1.807) is 14.2 Å². The Balaban J connectivity index is 1.71. The fourth-order valence-electron chi connectivity index (χ4n) is 3.57. The number of anilines is 1. The topological polar surface area (TPSA) is 77.1 Å². The number of nitrogens with one attached hydrogen (secondary N) is 1.